The highest BCUT2D eigenvalue weighted by Gasteiger charge is 2.33. The molecule has 0 radical (unpaired) electrons. The van der Waals surface area contributed by atoms with Crippen LogP contribution in [0.3, 0.4) is 0 Å². The second kappa shape index (κ2) is 14.3. The van der Waals surface area contributed by atoms with E-state index in [0.717, 1.165) is 12.2 Å². The second-order valence-electron chi connectivity index (χ2n) is 11.0. The van der Waals surface area contributed by atoms with Gasteiger partial charge in [-0.05, 0) is 106 Å². The Bertz CT molecular complexity index is 1530. The van der Waals surface area contributed by atoms with Crippen molar-refractivity contribution < 1.29 is 42.9 Å². The fourth-order valence-corrected chi connectivity index (χ4v) is 4.53. The Morgan fingerprint density at radius 2 is 1.18 bits per heavy atom. The molecule has 0 atom stereocenters. The van der Waals surface area contributed by atoms with E-state index in [1.807, 2.05) is 20.8 Å². The average Bonchev–Trinajstić information content (AvgIpc) is 2.97. The quantitative estimate of drug-likeness (QED) is 0.118. The second-order valence-corrected chi connectivity index (χ2v) is 11.0. The molecule has 9 nitrogen and oxygen atoms in total. The summed E-state index contributed by atoms with van der Waals surface area (Å²) in [6, 6.07) is 17.2. The van der Waals surface area contributed by atoms with Crippen LogP contribution in [0, 0.1) is 0 Å². The molecule has 0 aromatic heterocycles. The van der Waals surface area contributed by atoms with Gasteiger partial charge >= 0.3 is 23.9 Å². The first kappa shape index (κ1) is 33.3. The van der Waals surface area contributed by atoms with Crippen molar-refractivity contribution in [3.8, 4) is 23.0 Å². The average molecular weight is 601 g/mol. The zero-order valence-electron chi connectivity index (χ0n) is 25.5. The minimum atomic E-state index is -0.779. The summed E-state index contributed by atoms with van der Waals surface area (Å²) < 4.78 is 27.7. The van der Waals surface area contributed by atoms with Gasteiger partial charge in [0, 0.05) is 18.6 Å². The molecule has 0 fully saturated rings. The van der Waals surface area contributed by atoms with Crippen molar-refractivity contribution in [2.45, 2.75) is 58.7 Å². The lowest BCUT2D eigenvalue weighted by Gasteiger charge is -2.34. The number of ether oxygens (including phenoxy) is 5. The summed E-state index contributed by atoms with van der Waals surface area (Å²) in [7, 11) is 0. The standard InChI is InChI=1S/C35H36O9/c1-8-23-21-28(19-20-29(23)42-33(39)25-11-15-26(16-12-25)40-30(36)9-2)41-32(38)24-13-17-27(18-14-24)43-34(4,5)22-35(6,7)44-31(37)10-3/h9-21H,2-3,8,22H2,1,4-7H3. The summed E-state index contributed by atoms with van der Waals surface area (Å²) in [5.74, 6) is -0.869. The molecule has 3 rings (SSSR count). The molecule has 0 saturated carbocycles. The number of hydrogen-bond acceptors (Lipinski definition) is 9. The predicted octanol–water partition coefficient (Wildman–Crippen LogP) is 6.83. The van der Waals surface area contributed by atoms with Gasteiger partial charge in [0.25, 0.3) is 0 Å². The summed E-state index contributed by atoms with van der Waals surface area (Å²) in [6.07, 6.45) is 3.08. The van der Waals surface area contributed by atoms with Gasteiger partial charge in [-0.3, -0.25) is 0 Å². The summed E-state index contributed by atoms with van der Waals surface area (Å²) in [4.78, 5) is 48.5. The molecular formula is C35H36O9. The van der Waals surface area contributed by atoms with Crippen molar-refractivity contribution in [3.05, 3.63) is 109 Å². The molecule has 3 aromatic rings. The predicted molar refractivity (Wildman–Crippen MR) is 164 cm³/mol. The number of carbonyl (C=O) groups is 4. The molecule has 44 heavy (non-hydrogen) atoms. The Morgan fingerprint density at radius 3 is 1.73 bits per heavy atom. The van der Waals surface area contributed by atoms with Crippen LogP contribution in [-0.4, -0.2) is 35.1 Å². The van der Waals surface area contributed by atoms with Gasteiger partial charge in [-0.25, -0.2) is 19.2 Å². The highest BCUT2D eigenvalue weighted by atomic mass is 16.6. The molecule has 0 unspecified atom stereocenters. The lowest BCUT2D eigenvalue weighted by atomic mass is 9.92. The molecule has 0 N–H and O–H groups in total. The van der Waals surface area contributed by atoms with Crippen molar-refractivity contribution in [3.63, 3.8) is 0 Å². The highest BCUT2D eigenvalue weighted by molar-refractivity contribution is 5.92. The summed E-state index contributed by atoms with van der Waals surface area (Å²) in [5, 5.41) is 0. The van der Waals surface area contributed by atoms with Crippen molar-refractivity contribution in [1.29, 1.82) is 0 Å². The zero-order valence-corrected chi connectivity index (χ0v) is 25.5. The van der Waals surface area contributed by atoms with Crippen LogP contribution in [0.4, 0.5) is 0 Å². The molecule has 0 aliphatic carbocycles. The fourth-order valence-electron chi connectivity index (χ4n) is 4.53. The minimum absolute atomic E-state index is 0.261. The van der Waals surface area contributed by atoms with Crippen molar-refractivity contribution in [2.75, 3.05) is 0 Å². The fraction of sp³-hybridized carbons (Fsp3) is 0.257. The number of hydrogen-bond donors (Lipinski definition) is 0. The van der Waals surface area contributed by atoms with Crippen LogP contribution in [0.15, 0.2) is 92.0 Å². The topological polar surface area (TPSA) is 114 Å². The van der Waals surface area contributed by atoms with Crippen LogP contribution in [0.25, 0.3) is 0 Å². The first-order chi connectivity index (χ1) is 20.7. The molecule has 230 valence electrons. The largest absolute Gasteiger partial charge is 0.488 e. The summed E-state index contributed by atoms with van der Waals surface area (Å²) >= 11 is 0. The molecule has 0 heterocycles. The Morgan fingerprint density at radius 1 is 0.659 bits per heavy atom. The van der Waals surface area contributed by atoms with Gasteiger partial charge in [0.1, 0.15) is 34.2 Å². The van der Waals surface area contributed by atoms with E-state index in [1.54, 1.807) is 56.3 Å². The number of carbonyl (C=O) groups excluding carboxylic acids is 4. The van der Waals surface area contributed by atoms with Crippen LogP contribution < -0.4 is 18.9 Å². The maximum absolute atomic E-state index is 12.8. The van der Waals surface area contributed by atoms with E-state index in [2.05, 4.69) is 13.2 Å². The Hall–Kier alpha value is -5.18. The van der Waals surface area contributed by atoms with E-state index >= 15 is 0 Å². The van der Waals surface area contributed by atoms with E-state index in [-0.39, 0.29) is 17.1 Å². The molecule has 0 spiro atoms. The van der Waals surface area contributed by atoms with Crippen LogP contribution in [-0.2, 0) is 20.7 Å². The number of aryl methyl sites for hydroxylation is 1. The molecular weight excluding hydrogens is 564 g/mol. The van der Waals surface area contributed by atoms with Gasteiger partial charge in [0.2, 0.25) is 0 Å². The normalized spacial score (nSPS) is 11.1. The lowest BCUT2D eigenvalue weighted by molar-refractivity contribution is -0.154. The Balaban J connectivity index is 1.62. The van der Waals surface area contributed by atoms with Gasteiger partial charge in [-0.15, -0.1) is 0 Å². The first-order valence-corrected chi connectivity index (χ1v) is 13.9. The van der Waals surface area contributed by atoms with Gasteiger partial charge in [-0.1, -0.05) is 20.1 Å². The van der Waals surface area contributed by atoms with Crippen molar-refractivity contribution >= 4 is 23.9 Å². The smallest absolute Gasteiger partial charge is 0.343 e. The minimum Gasteiger partial charge on any atom is -0.488 e. The number of esters is 4. The number of rotatable bonds is 13. The maximum Gasteiger partial charge on any atom is 0.343 e. The Kier molecular flexibility index (Phi) is 10.9. The molecule has 0 bridgehead atoms. The third kappa shape index (κ3) is 9.69. The van der Waals surface area contributed by atoms with E-state index in [1.165, 1.54) is 24.3 Å². The SMILES string of the molecule is C=CC(=O)Oc1ccc(C(=O)Oc2ccc(OC(=O)c3ccc(OC(C)(C)CC(C)(C)OC(=O)C=C)cc3)cc2CC)cc1. The van der Waals surface area contributed by atoms with Gasteiger partial charge in [-0.2, -0.15) is 0 Å². The summed E-state index contributed by atoms with van der Waals surface area (Å²) in [5.41, 5.74) is -0.229. The van der Waals surface area contributed by atoms with E-state index < -0.39 is 35.1 Å². The van der Waals surface area contributed by atoms with E-state index in [0.29, 0.717) is 35.5 Å². The van der Waals surface area contributed by atoms with Crippen molar-refractivity contribution in [2.24, 2.45) is 0 Å². The highest BCUT2D eigenvalue weighted by Crippen LogP contribution is 2.30. The molecule has 3 aromatic carbocycles. The van der Waals surface area contributed by atoms with Gasteiger partial charge in [0.05, 0.1) is 11.1 Å². The third-order valence-corrected chi connectivity index (χ3v) is 6.18. The van der Waals surface area contributed by atoms with E-state index in [9.17, 15) is 19.2 Å². The van der Waals surface area contributed by atoms with Crippen LogP contribution in [0.2, 0.25) is 0 Å². The monoisotopic (exact) mass is 600 g/mol. The molecule has 0 aliphatic rings. The first-order valence-electron chi connectivity index (χ1n) is 13.9. The molecule has 0 aliphatic heterocycles. The molecule has 9 heteroatoms. The molecule has 0 amide bonds. The van der Waals surface area contributed by atoms with Crippen LogP contribution >= 0.6 is 0 Å². The number of benzene rings is 3. The maximum atomic E-state index is 12.8. The Labute approximate surface area is 257 Å². The lowest BCUT2D eigenvalue weighted by Crippen LogP contribution is -2.40. The van der Waals surface area contributed by atoms with Gasteiger partial charge < -0.3 is 23.7 Å². The van der Waals surface area contributed by atoms with Crippen molar-refractivity contribution in [1.82, 2.24) is 0 Å². The third-order valence-electron chi connectivity index (χ3n) is 6.18. The van der Waals surface area contributed by atoms with Gasteiger partial charge in [0.15, 0.2) is 0 Å². The summed E-state index contributed by atoms with van der Waals surface area (Å²) in [6.45, 7) is 16.0. The molecule has 0 saturated heterocycles. The zero-order chi connectivity index (χ0) is 32.5. The van der Waals surface area contributed by atoms with Crippen LogP contribution in [0.5, 0.6) is 23.0 Å². The van der Waals surface area contributed by atoms with E-state index in [4.69, 9.17) is 23.7 Å². The van der Waals surface area contributed by atoms with Crippen LogP contribution in [0.1, 0.15) is 67.3 Å².